The number of ether oxygens (including phenoxy) is 2. The molecular weight excluding hydrogens is 344 g/mol. The molecule has 142 valence electrons. The van der Waals surface area contributed by atoms with Crippen molar-refractivity contribution in [1.82, 2.24) is 0 Å². The summed E-state index contributed by atoms with van der Waals surface area (Å²) in [6, 6.07) is 16.5. The Hall–Kier alpha value is -2.92. The summed E-state index contributed by atoms with van der Waals surface area (Å²) < 4.78 is 9.92. The summed E-state index contributed by atoms with van der Waals surface area (Å²) in [6.07, 6.45) is 0.960. The molecule has 0 bridgehead atoms. The van der Waals surface area contributed by atoms with Gasteiger partial charge in [-0.15, -0.1) is 0 Å². The molecule has 1 N–H and O–H groups in total. The zero-order chi connectivity index (χ0) is 19.6. The van der Waals surface area contributed by atoms with Crippen LogP contribution in [0.3, 0.4) is 0 Å². The second kappa shape index (κ2) is 10.3. The maximum Gasteiger partial charge on any atom is 0.338 e. The van der Waals surface area contributed by atoms with Gasteiger partial charge < -0.3 is 14.6 Å². The van der Waals surface area contributed by atoms with Gasteiger partial charge in [-0.3, -0.25) is 0 Å². The first-order valence-corrected chi connectivity index (χ1v) is 8.93. The van der Waals surface area contributed by atoms with Crippen LogP contribution in [0.4, 0.5) is 0 Å². The summed E-state index contributed by atoms with van der Waals surface area (Å²) in [5.41, 5.74) is 2.40. The van der Waals surface area contributed by atoms with E-state index in [1.54, 1.807) is 38.1 Å². The van der Waals surface area contributed by atoms with E-state index in [-0.39, 0.29) is 18.8 Å². The smallest absolute Gasteiger partial charge is 0.338 e. The lowest BCUT2D eigenvalue weighted by Gasteiger charge is -2.13. The van der Waals surface area contributed by atoms with Crippen molar-refractivity contribution in [1.29, 1.82) is 0 Å². The van der Waals surface area contributed by atoms with E-state index in [1.165, 1.54) is 0 Å². The Morgan fingerprint density at radius 1 is 0.963 bits per heavy atom. The predicted molar refractivity (Wildman–Crippen MR) is 103 cm³/mol. The van der Waals surface area contributed by atoms with E-state index >= 15 is 0 Å². The number of esters is 2. The summed E-state index contributed by atoms with van der Waals surface area (Å²) in [6.45, 7) is 3.81. The predicted octanol–water partition coefficient (Wildman–Crippen LogP) is 3.47. The molecule has 2 rings (SSSR count). The van der Waals surface area contributed by atoms with Crippen LogP contribution in [0, 0.1) is 0 Å². The number of aliphatic hydroxyl groups is 1. The number of aliphatic hydroxyl groups excluding tert-OH is 1. The maximum absolute atomic E-state index is 12.2. The first-order valence-electron chi connectivity index (χ1n) is 8.93. The molecule has 0 saturated carbocycles. The lowest BCUT2D eigenvalue weighted by molar-refractivity contribution is -0.139. The van der Waals surface area contributed by atoms with E-state index in [0.717, 1.165) is 17.2 Å². The summed E-state index contributed by atoms with van der Waals surface area (Å²) in [4.78, 5) is 24.0. The number of carbonyl (C=O) groups is 2. The van der Waals surface area contributed by atoms with E-state index in [0.29, 0.717) is 12.0 Å². The minimum absolute atomic E-state index is 0.124. The van der Waals surface area contributed by atoms with E-state index in [2.05, 4.69) is 0 Å². The van der Waals surface area contributed by atoms with E-state index in [1.807, 2.05) is 30.3 Å². The monoisotopic (exact) mass is 368 g/mol. The quantitative estimate of drug-likeness (QED) is 0.570. The molecule has 1 atom stereocenters. The molecule has 0 heterocycles. The summed E-state index contributed by atoms with van der Waals surface area (Å²) in [7, 11) is 0. The van der Waals surface area contributed by atoms with Crippen LogP contribution in [0.15, 0.2) is 60.7 Å². The van der Waals surface area contributed by atoms with Crippen molar-refractivity contribution in [3.63, 3.8) is 0 Å². The lowest BCUT2D eigenvalue weighted by Crippen LogP contribution is -2.10. The molecular formula is C22H24O5. The van der Waals surface area contributed by atoms with Gasteiger partial charge in [-0.1, -0.05) is 54.6 Å². The molecule has 27 heavy (non-hydrogen) atoms. The molecule has 5 nitrogen and oxygen atoms in total. The third-order valence-corrected chi connectivity index (χ3v) is 3.92. The summed E-state index contributed by atoms with van der Waals surface area (Å²) in [5, 5.41) is 10.4. The SMILES string of the molecule is CCOC(=O)/C=C(\C(=O)OCC)c1ccc(C(O)Cc2ccccc2)cc1. The fraction of sp³-hybridized carbons (Fsp3) is 0.273. The number of hydrogen-bond acceptors (Lipinski definition) is 5. The van der Waals surface area contributed by atoms with E-state index in [4.69, 9.17) is 9.47 Å². The minimum Gasteiger partial charge on any atom is -0.463 e. The van der Waals surface area contributed by atoms with Gasteiger partial charge >= 0.3 is 11.9 Å². The highest BCUT2D eigenvalue weighted by atomic mass is 16.5. The lowest BCUT2D eigenvalue weighted by atomic mass is 9.98. The van der Waals surface area contributed by atoms with Crippen molar-refractivity contribution in [2.45, 2.75) is 26.4 Å². The zero-order valence-electron chi connectivity index (χ0n) is 15.6. The van der Waals surface area contributed by atoms with Gasteiger partial charge in [-0.2, -0.15) is 0 Å². The normalized spacial score (nSPS) is 12.3. The third kappa shape index (κ3) is 6.08. The molecule has 0 aliphatic heterocycles. The van der Waals surface area contributed by atoms with Gasteiger partial charge in [0.05, 0.1) is 24.9 Å². The Bertz CT molecular complexity index is 778. The molecule has 0 aromatic heterocycles. The third-order valence-electron chi connectivity index (χ3n) is 3.92. The molecule has 1 unspecified atom stereocenters. The van der Waals surface area contributed by atoms with Crippen LogP contribution in [0.5, 0.6) is 0 Å². The minimum atomic E-state index is -0.665. The Labute approximate surface area is 159 Å². The highest BCUT2D eigenvalue weighted by molar-refractivity contribution is 6.20. The van der Waals surface area contributed by atoms with Crippen LogP contribution < -0.4 is 0 Å². The fourth-order valence-corrected chi connectivity index (χ4v) is 2.61. The first-order chi connectivity index (χ1) is 13.0. The Morgan fingerprint density at radius 2 is 1.59 bits per heavy atom. The summed E-state index contributed by atoms with van der Waals surface area (Å²) >= 11 is 0. The average Bonchev–Trinajstić information content (AvgIpc) is 2.67. The van der Waals surface area contributed by atoms with Crippen LogP contribution in [-0.4, -0.2) is 30.3 Å². The Kier molecular flexibility index (Phi) is 7.77. The number of benzene rings is 2. The fourth-order valence-electron chi connectivity index (χ4n) is 2.61. The number of hydrogen-bond donors (Lipinski definition) is 1. The maximum atomic E-state index is 12.2. The molecule has 0 spiro atoms. The van der Waals surface area contributed by atoms with Gasteiger partial charge in [0.25, 0.3) is 0 Å². The highest BCUT2D eigenvalue weighted by Crippen LogP contribution is 2.22. The van der Waals surface area contributed by atoms with Crippen molar-refractivity contribution >= 4 is 17.5 Å². The standard InChI is InChI=1S/C22H24O5/c1-3-26-21(24)15-19(22(25)27-4-2)17-10-12-18(13-11-17)20(23)14-16-8-6-5-7-9-16/h5-13,15,20,23H,3-4,14H2,1-2H3/b19-15-. The van der Waals surface area contributed by atoms with Crippen molar-refractivity contribution in [2.24, 2.45) is 0 Å². The van der Waals surface area contributed by atoms with Crippen LogP contribution >= 0.6 is 0 Å². The Morgan fingerprint density at radius 3 is 2.19 bits per heavy atom. The van der Waals surface area contributed by atoms with Crippen molar-refractivity contribution in [3.05, 3.63) is 77.4 Å². The van der Waals surface area contributed by atoms with Crippen LogP contribution in [0.1, 0.15) is 36.6 Å². The number of carbonyl (C=O) groups excluding carboxylic acids is 2. The van der Waals surface area contributed by atoms with Gasteiger partial charge in [0.2, 0.25) is 0 Å². The molecule has 0 fully saturated rings. The Balaban J connectivity index is 2.20. The molecule has 0 aliphatic carbocycles. The van der Waals surface area contributed by atoms with Crippen LogP contribution in [-0.2, 0) is 25.5 Å². The second-order valence-corrected chi connectivity index (χ2v) is 5.86. The highest BCUT2D eigenvalue weighted by Gasteiger charge is 2.17. The van der Waals surface area contributed by atoms with Crippen LogP contribution in [0.25, 0.3) is 5.57 Å². The molecule has 0 aliphatic rings. The molecule has 0 saturated heterocycles. The van der Waals surface area contributed by atoms with Crippen molar-refractivity contribution in [2.75, 3.05) is 13.2 Å². The molecule has 2 aromatic carbocycles. The van der Waals surface area contributed by atoms with E-state index in [9.17, 15) is 14.7 Å². The zero-order valence-corrected chi connectivity index (χ0v) is 15.6. The number of rotatable bonds is 8. The van der Waals surface area contributed by atoms with E-state index < -0.39 is 18.0 Å². The average molecular weight is 368 g/mol. The van der Waals surface area contributed by atoms with Gasteiger partial charge in [-0.05, 0) is 30.5 Å². The van der Waals surface area contributed by atoms with Gasteiger partial charge in [0.15, 0.2) is 0 Å². The van der Waals surface area contributed by atoms with Crippen molar-refractivity contribution in [3.8, 4) is 0 Å². The molecule has 0 amide bonds. The largest absolute Gasteiger partial charge is 0.463 e. The van der Waals surface area contributed by atoms with Gasteiger partial charge in [0, 0.05) is 12.5 Å². The first kappa shape index (κ1) is 20.4. The van der Waals surface area contributed by atoms with Crippen molar-refractivity contribution < 1.29 is 24.2 Å². The van der Waals surface area contributed by atoms with Gasteiger partial charge in [0.1, 0.15) is 0 Å². The van der Waals surface area contributed by atoms with Crippen LogP contribution in [0.2, 0.25) is 0 Å². The summed E-state index contributed by atoms with van der Waals surface area (Å²) in [5.74, 6) is -1.20. The molecule has 5 heteroatoms. The van der Waals surface area contributed by atoms with Gasteiger partial charge in [-0.25, -0.2) is 9.59 Å². The second-order valence-electron chi connectivity index (χ2n) is 5.86. The topological polar surface area (TPSA) is 72.8 Å². The molecule has 0 radical (unpaired) electrons. The molecule has 2 aromatic rings.